The van der Waals surface area contributed by atoms with E-state index in [1.165, 1.54) is 17.0 Å². The number of carbonyl (C=O) groups is 1. The van der Waals surface area contributed by atoms with Crippen molar-refractivity contribution >= 4 is 17.4 Å². The van der Waals surface area contributed by atoms with Crippen molar-refractivity contribution in [3.63, 3.8) is 0 Å². The highest BCUT2D eigenvalue weighted by Gasteiger charge is 2.34. The predicted molar refractivity (Wildman–Crippen MR) is 98.6 cm³/mol. The molecule has 148 valence electrons. The number of benzene rings is 1. The third kappa shape index (κ3) is 3.37. The number of amides is 1. The summed E-state index contributed by atoms with van der Waals surface area (Å²) in [5, 5.41) is 0. The number of morpholine rings is 1. The van der Waals surface area contributed by atoms with Crippen LogP contribution in [0.15, 0.2) is 23.0 Å². The normalized spacial score (nSPS) is 19.0. The van der Waals surface area contributed by atoms with Crippen LogP contribution in [0.25, 0.3) is 0 Å². The Balaban J connectivity index is 1.59. The van der Waals surface area contributed by atoms with Crippen molar-refractivity contribution < 1.29 is 18.3 Å². The highest BCUT2D eigenvalue weighted by Crippen LogP contribution is 2.35. The number of halogens is 2. The van der Waals surface area contributed by atoms with E-state index in [1.807, 2.05) is 4.90 Å². The number of rotatable bonds is 3. The van der Waals surface area contributed by atoms with E-state index in [0.717, 1.165) is 6.07 Å². The van der Waals surface area contributed by atoms with Crippen LogP contribution >= 0.6 is 0 Å². The minimum absolute atomic E-state index is 0.143. The summed E-state index contributed by atoms with van der Waals surface area (Å²) >= 11 is 0. The van der Waals surface area contributed by atoms with Crippen LogP contribution in [0, 0.1) is 11.6 Å². The third-order valence-electron chi connectivity index (χ3n) is 5.07. The number of ether oxygens (including phenoxy) is 1. The Morgan fingerprint density at radius 2 is 2.07 bits per heavy atom. The number of hydrogen-bond donors (Lipinski definition) is 1. The molecule has 2 aromatic rings. The Morgan fingerprint density at radius 3 is 2.82 bits per heavy atom. The van der Waals surface area contributed by atoms with Gasteiger partial charge in [-0.15, -0.1) is 0 Å². The summed E-state index contributed by atoms with van der Waals surface area (Å²) in [7, 11) is 0. The van der Waals surface area contributed by atoms with Gasteiger partial charge < -0.3 is 19.5 Å². The van der Waals surface area contributed by atoms with Crippen LogP contribution in [-0.4, -0.2) is 48.2 Å². The summed E-state index contributed by atoms with van der Waals surface area (Å²) in [5.74, 6) is -1.44. The summed E-state index contributed by atoms with van der Waals surface area (Å²) < 4.78 is 32.9. The number of fused-ring (bicyclic) bond motifs is 1. The maximum absolute atomic E-state index is 14.1. The van der Waals surface area contributed by atoms with Crippen LogP contribution in [0.4, 0.5) is 20.3 Å². The van der Waals surface area contributed by atoms with Gasteiger partial charge in [0.15, 0.2) is 11.6 Å². The van der Waals surface area contributed by atoms with Gasteiger partial charge in [-0.25, -0.2) is 13.8 Å². The predicted octanol–water partition coefficient (Wildman–Crippen LogP) is 1.41. The van der Waals surface area contributed by atoms with Crippen LogP contribution in [0.3, 0.4) is 0 Å². The molecular formula is C19H20F2N4O3. The van der Waals surface area contributed by atoms with Gasteiger partial charge in [-0.3, -0.25) is 9.59 Å². The van der Waals surface area contributed by atoms with Crippen LogP contribution in [0.2, 0.25) is 0 Å². The van der Waals surface area contributed by atoms with E-state index in [2.05, 4.69) is 9.97 Å². The van der Waals surface area contributed by atoms with Gasteiger partial charge in [-0.05, 0) is 25.5 Å². The summed E-state index contributed by atoms with van der Waals surface area (Å²) in [6.07, 6.45) is 0.0959. The van der Waals surface area contributed by atoms with Gasteiger partial charge in [0, 0.05) is 30.8 Å². The monoisotopic (exact) mass is 390 g/mol. The maximum atomic E-state index is 14.1. The van der Waals surface area contributed by atoms with Crippen molar-refractivity contribution in [1.29, 1.82) is 0 Å². The second kappa shape index (κ2) is 7.31. The SMILES string of the molecule is C[C@@H]1Cc2c(ccc(F)c2F)N1C(=O)Cc1nc(N2CCOCC2)cc(=O)[nH]1. The van der Waals surface area contributed by atoms with Gasteiger partial charge in [0.05, 0.1) is 25.3 Å². The molecule has 9 heteroatoms. The van der Waals surface area contributed by atoms with E-state index in [9.17, 15) is 18.4 Å². The van der Waals surface area contributed by atoms with Crippen molar-refractivity contribution in [1.82, 2.24) is 9.97 Å². The molecule has 1 fully saturated rings. The zero-order valence-corrected chi connectivity index (χ0v) is 15.4. The minimum Gasteiger partial charge on any atom is -0.378 e. The zero-order valence-electron chi connectivity index (χ0n) is 15.4. The Morgan fingerprint density at radius 1 is 1.32 bits per heavy atom. The van der Waals surface area contributed by atoms with E-state index in [1.54, 1.807) is 6.92 Å². The molecule has 2 aliphatic rings. The molecular weight excluding hydrogens is 370 g/mol. The van der Waals surface area contributed by atoms with Crippen LogP contribution in [0.5, 0.6) is 0 Å². The second-order valence-corrected chi connectivity index (χ2v) is 7.00. The number of aromatic nitrogens is 2. The fraction of sp³-hybridized carbons (Fsp3) is 0.421. The van der Waals surface area contributed by atoms with Crippen molar-refractivity contribution in [2.75, 3.05) is 36.1 Å². The van der Waals surface area contributed by atoms with Gasteiger partial charge in [0.2, 0.25) is 5.91 Å². The van der Waals surface area contributed by atoms with Gasteiger partial charge in [0.1, 0.15) is 11.6 Å². The van der Waals surface area contributed by atoms with E-state index < -0.39 is 11.6 Å². The first-order valence-corrected chi connectivity index (χ1v) is 9.16. The smallest absolute Gasteiger partial charge is 0.252 e. The van der Waals surface area contributed by atoms with Crippen molar-refractivity contribution in [3.05, 3.63) is 51.6 Å². The molecule has 1 atom stereocenters. The first kappa shape index (κ1) is 18.5. The second-order valence-electron chi connectivity index (χ2n) is 7.00. The van der Waals surface area contributed by atoms with Gasteiger partial charge >= 0.3 is 0 Å². The molecule has 0 saturated carbocycles. The van der Waals surface area contributed by atoms with E-state index in [-0.39, 0.29) is 41.7 Å². The molecule has 2 aliphatic heterocycles. The molecule has 1 aromatic heterocycles. The number of aromatic amines is 1. The molecule has 0 radical (unpaired) electrons. The number of carbonyl (C=O) groups excluding carboxylic acids is 1. The molecule has 0 spiro atoms. The fourth-order valence-corrected chi connectivity index (χ4v) is 3.77. The molecule has 0 aliphatic carbocycles. The Hall–Kier alpha value is -2.81. The van der Waals surface area contributed by atoms with Crippen molar-refractivity contribution in [2.24, 2.45) is 0 Å². The number of anilines is 2. The molecule has 7 nitrogen and oxygen atoms in total. The average Bonchev–Trinajstić information content (AvgIpc) is 3.02. The number of H-pyrrole nitrogens is 1. The molecule has 1 aromatic carbocycles. The quantitative estimate of drug-likeness (QED) is 0.857. The first-order valence-electron chi connectivity index (χ1n) is 9.16. The summed E-state index contributed by atoms with van der Waals surface area (Å²) in [6, 6.07) is 3.51. The lowest BCUT2D eigenvalue weighted by atomic mass is 10.1. The third-order valence-corrected chi connectivity index (χ3v) is 5.07. The van der Waals surface area contributed by atoms with E-state index >= 15 is 0 Å². The Labute approximate surface area is 159 Å². The Bertz CT molecular complexity index is 972. The minimum atomic E-state index is -0.926. The first-order chi connectivity index (χ1) is 13.4. The topological polar surface area (TPSA) is 78.5 Å². The molecule has 1 N–H and O–H groups in total. The van der Waals surface area contributed by atoms with Gasteiger partial charge in [-0.2, -0.15) is 0 Å². The lowest BCUT2D eigenvalue weighted by Crippen LogP contribution is -2.39. The van der Waals surface area contributed by atoms with E-state index in [4.69, 9.17) is 4.74 Å². The lowest BCUT2D eigenvalue weighted by molar-refractivity contribution is -0.118. The lowest BCUT2D eigenvalue weighted by Gasteiger charge is -2.28. The van der Waals surface area contributed by atoms with Crippen molar-refractivity contribution in [2.45, 2.75) is 25.8 Å². The molecule has 3 heterocycles. The molecule has 1 saturated heterocycles. The van der Waals surface area contributed by atoms with Crippen LogP contribution in [0.1, 0.15) is 18.3 Å². The average molecular weight is 390 g/mol. The highest BCUT2D eigenvalue weighted by molar-refractivity contribution is 5.97. The van der Waals surface area contributed by atoms with Crippen LogP contribution < -0.4 is 15.4 Å². The van der Waals surface area contributed by atoms with Gasteiger partial charge in [-0.1, -0.05) is 0 Å². The van der Waals surface area contributed by atoms with Crippen LogP contribution in [-0.2, 0) is 22.4 Å². The molecule has 0 bridgehead atoms. The molecule has 1 amide bonds. The standard InChI is InChI=1S/C19H20F2N4O3/c1-11-8-12-14(3-2-13(20)19(12)21)25(11)18(27)9-15-22-16(10-17(26)23-15)24-4-6-28-7-5-24/h2-3,10-11H,4-9H2,1H3,(H,22,23,26)/t11-/m1/s1. The Kier molecular flexibility index (Phi) is 4.84. The maximum Gasteiger partial charge on any atom is 0.252 e. The largest absolute Gasteiger partial charge is 0.378 e. The zero-order chi connectivity index (χ0) is 19.8. The molecule has 28 heavy (non-hydrogen) atoms. The summed E-state index contributed by atoms with van der Waals surface area (Å²) in [4.78, 5) is 35.3. The van der Waals surface area contributed by atoms with E-state index in [0.29, 0.717) is 37.8 Å². The fourth-order valence-electron chi connectivity index (χ4n) is 3.77. The molecule has 4 rings (SSSR count). The molecule has 0 unspecified atom stereocenters. The highest BCUT2D eigenvalue weighted by atomic mass is 19.2. The number of hydrogen-bond acceptors (Lipinski definition) is 5. The number of nitrogens with zero attached hydrogens (tertiary/aromatic N) is 3. The number of nitrogens with one attached hydrogen (secondary N) is 1. The summed E-state index contributed by atoms with van der Waals surface area (Å²) in [5.41, 5.74) is 0.217. The summed E-state index contributed by atoms with van der Waals surface area (Å²) in [6.45, 7) is 4.10. The van der Waals surface area contributed by atoms with Crippen molar-refractivity contribution in [3.8, 4) is 0 Å². The van der Waals surface area contributed by atoms with Gasteiger partial charge in [0.25, 0.3) is 5.56 Å².